The van der Waals surface area contributed by atoms with Crippen molar-refractivity contribution in [3.63, 3.8) is 0 Å². The van der Waals surface area contributed by atoms with E-state index in [-0.39, 0.29) is 5.11 Å². The van der Waals surface area contributed by atoms with E-state index in [9.17, 15) is 0 Å². The molecule has 0 fully saturated rings. The topological polar surface area (TPSA) is 68.9 Å². The van der Waals surface area contributed by atoms with Crippen LogP contribution in [0.1, 0.15) is 11.1 Å². The Kier molecular flexibility index (Phi) is 5.73. The molecule has 2 aromatic rings. The van der Waals surface area contributed by atoms with E-state index in [0.717, 1.165) is 11.1 Å². The van der Waals surface area contributed by atoms with Crippen LogP contribution in [0.2, 0.25) is 0 Å². The van der Waals surface area contributed by atoms with Crippen LogP contribution in [-0.4, -0.2) is 18.4 Å². The molecule has 0 bridgehead atoms. The molecule has 0 unspecified atom stereocenters. The van der Waals surface area contributed by atoms with E-state index < -0.39 is 0 Å². The zero-order valence-electron chi connectivity index (χ0n) is 12.2. The standard InChI is InChI=1S/C16H17N3O2S/c1-20-14-9-5-8-13(10-18-19-16(17)22)15(14)21-11-12-6-3-2-4-7-12/h2-10H,11H2,1H3,(H3,17,19,22). The molecule has 0 saturated carbocycles. The van der Waals surface area contributed by atoms with Crippen LogP contribution < -0.4 is 20.6 Å². The van der Waals surface area contributed by atoms with Crippen molar-refractivity contribution in [3.05, 3.63) is 59.7 Å². The highest BCUT2D eigenvalue weighted by atomic mass is 32.1. The van der Waals surface area contributed by atoms with Gasteiger partial charge >= 0.3 is 0 Å². The van der Waals surface area contributed by atoms with Gasteiger partial charge in [-0.05, 0) is 29.9 Å². The normalized spacial score (nSPS) is 10.4. The van der Waals surface area contributed by atoms with Gasteiger partial charge in [0.2, 0.25) is 0 Å². The molecular formula is C16H17N3O2S. The third kappa shape index (κ3) is 4.46. The predicted octanol–water partition coefficient (Wildman–Crippen LogP) is 2.44. The zero-order chi connectivity index (χ0) is 15.8. The van der Waals surface area contributed by atoms with Crippen LogP contribution in [0.3, 0.4) is 0 Å². The number of para-hydroxylation sites is 1. The fourth-order valence-corrected chi connectivity index (χ4v) is 1.90. The summed E-state index contributed by atoms with van der Waals surface area (Å²) in [6.45, 7) is 0.435. The van der Waals surface area contributed by atoms with E-state index in [1.54, 1.807) is 13.3 Å². The smallest absolute Gasteiger partial charge is 0.184 e. The van der Waals surface area contributed by atoms with Crippen LogP contribution in [0.25, 0.3) is 0 Å². The Bertz CT molecular complexity index is 660. The van der Waals surface area contributed by atoms with Gasteiger partial charge in [-0.25, -0.2) is 0 Å². The number of nitrogens with two attached hydrogens (primary N) is 1. The monoisotopic (exact) mass is 315 g/mol. The average molecular weight is 315 g/mol. The molecule has 0 aliphatic heterocycles. The number of benzene rings is 2. The van der Waals surface area contributed by atoms with Gasteiger partial charge in [0.15, 0.2) is 16.6 Å². The third-order valence-corrected chi connectivity index (χ3v) is 2.92. The molecule has 0 aliphatic carbocycles. The molecule has 0 heterocycles. The van der Waals surface area contributed by atoms with E-state index in [1.807, 2.05) is 48.5 Å². The van der Waals surface area contributed by atoms with Crippen molar-refractivity contribution in [2.45, 2.75) is 6.61 Å². The summed E-state index contributed by atoms with van der Waals surface area (Å²) in [7, 11) is 1.60. The third-order valence-electron chi connectivity index (χ3n) is 2.83. The molecule has 0 aliphatic rings. The second kappa shape index (κ2) is 7.99. The van der Waals surface area contributed by atoms with Crippen LogP contribution >= 0.6 is 12.2 Å². The summed E-state index contributed by atoms with van der Waals surface area (Å²) in [6.07, 6.45) is 1.59. The lowest BCUT2D eigenvalue weighted by atomic mass is 10.2. The highest BCUT2D eigenvalue weighted by molar-refractivity contribution is 7.80. The fraction of sp³-hybridized carbons (Fsp3) is 0.125. The molecule has 3 N–H and O–H groups in total. The largest absolute Gasteiger partial charge is 0.493 e. The van der Waals surface area contributed by atoms with Crippen molar-refractivity contribution in [2.24, 2.45) is 10.8 Å². The first kappa shape index (κ1) is 15.8. The van der Waals surface area contributed by atoms with Gasteiger partial charge in [-0.1, -0.05) is 36.4 Å². The van der Waals surface area contributed by atoms with E-state index >= 15 is 0 Å². The van der Waals surface area contributed by atoms with Crippen molar-refractivity contribution < 1.29 is 9.47 Å². The maximum Gasteiger partial charge on any atom is 0.184 e. The molecule has 114 valence electrons. The van der Waals surface area contributed by atoms with Gasteiger partial charge < -0.3 is 15.2 Å². The first-order valence-electron chi connectivity index (χ1n) is 6.63. The Labute approximate surface area is 134 Å². The van der Waals surface area contributed by atoms with Crippen molar-refractivity contribution in [1.29, 1.82) is 0 Å². The number of nitrogens with one attached hydrogen (secondary N) is 1. The van der Waals surface area contributed by atoms with Crippen molar-refractivity contribution >= 4 is 23.5 Å². The molecule has 5 nitrogen and oxygen atoms in total. The molecule has 0 radical (unpaired) electrons. The van der Waals surface area contributed by atoms with Gasteiger partial charge in [-0.15, -0.1) is 0 Å². The predicted molar refractivity (Wildman–Crippen MR) is 91.3 cm³/mol. The second-order valence-corrected chi connectivity index (χ2v) is 4.83. The molecule has 2 aromatic carbocycles. The molecule has 0 spiro atoms. The zero-order valence-corrected chi connectivity index (χ0v) is 13.0. The van der Waals surface area contributed by atoms with Crippen LogP contribution in [0.4, 0.5) is 0 Å². The van der Waals surface area contributed by atoms with Crippen LogP contribution in [0.5, 0.6) is 11.5 Å². The number of hydrogen-bond donors (Lipinski definition) is 2. The fourth-order valence-electron chi connectivity index (χ4n) is 1.84. The molecule has 0 atom stereocenters. The summed E-state index contributed by atoms with van der Waals surface area (Å²) in [5.74, 6) is 1.25. The van der Waals surface area contributed by atoms with E-state index in [0.29, 0.717) is 18.1 Å². The Morgan fingerprint density at radius 3 is 2.68 bits per heavy atom. The molecular weight excluding hydrogens is 298 g/mol. The Morgan fingerprint density at radius 2 is 2.00 bits per heavy atom. The summed E-state index contributed by atoms with van der Waals surface area (Å²) in [4.78, 5) is 0. The summed E-state index contributed by atoms with van der Waals surface area (Å²) in [6, 6.07) is 15.5. The Balaban J connectivity index is 2.19. The van der Waals surface area contributed by atoms with Crippen LogP contribution in [-0.2, 0) is 6.61 Å². The number of thiocarbonyl (C=S) groups is 1. The van der Waals surface area contributed by atoms with Crippen LogP contribution in [0, 0.1) is 0 Å². The molecule has 0 saturated heterocycles. The maximum absolute atomic E-state index is 5.89. The summed E-state index contributed by atoms with van der Waals surface area (Å²) >= 11 is 4.70. The molecule has 2 rings (SSSR count). The van der Waals surface area contributed by atoms with Gasteiger partial charge in [0.1, 0.15) is 6.61 Å². The number of ether oxygens (including phenoxy) is 2. The van der Waals surface area contributed by atoms with E-state index in [4.69, 9.17) is 27.4 Å². The molecule has 22 heavy (non-hydrogen) atoms. The molecule has 0 aromatic heterocycles. The van der Waals surface area contributed by atoms with Crippen molar-refractivity contribution in [1.82, 2.24) is 5.43 Å². The number of rotatable bonds is 6. The lowest BCUT2D eigenvalue weighted by Crippen LogP contribution is -2.24. The Hall–Kier alpha value is -2.60. The lowest BCUT2D eigenvalue weighted by molar-refractivity contribution is 0.284. The lowest BCUT2D eigenvalue weighted by Gasteiger charge is -2.13. The first-order chi connectivity index (χ1) is 10.7. The highest BCUT2D eigenvalue weighted by Gasteiger charge is 2.09. The highest BCUT2D eigenvalue weighted by Crippen LogP contribution is 2.30. The van der Waals surface area contributed by atoms with Gasteiger partial charge in [-0.2, -0.15) is 5.10 Å². The maximum atomic E-state index is 5.89. The minimum atomic E-state index is 0.103. The summed E-state index contributed by atoms with van der Waals surface area (Å²) < 4.78 is 11.2. The number of hydrogen-bond acceptors (Lipinski definition) is 4. The van der Waals surface area contributed by atoms with Crippen molar-refractivity contribution in [2.75, 3.05) is 7.11 Å². The van der Waals surface area contributed by atoms with Gasteiger partial charge in [0.25, 0.3) is 0 Å². The van der Waals surface area contributed by atoms with Crippen LogP contribution in [0.15, 0.2) is 53.6 Å². The van der Waals surface area contributed by atoms with E-state index in [1.165, 1.54) is 0 Å². The number of methoxy groups -OCH3 is 1. The second-order valence-electron chi connectivity index (χ2n) is 4.39. The summed E-state index contributed by atoms with van der Waals surface area (Å²) in [5.41, 5.74) is 9.68. The SMILES string of the molecule is COc1cccc(C=NNC(N)=S)c1OCc1ccccc1. The van der Waals surface area contributed by atoms with E-state index in [2.05, 4.69) is 10.5 Å². The van der Waals surface area contributed by atoms with Gasteiger partial charge in [-0.3, -0.25) is 5.43 Å². The quantitative estimate of drug-likeness (QED) is 0.487. The van der Waals surface area contributed by atoms with Gasteiger partial charge in [0, 0.05) is 5.56 Å². The average Bonchev–Trinajstić information content (AvgIpc) is 2.54. The number of nitrogens with zero attached hydrogens (tertiary/aromatic N) is 1. The van der Waals surface area contributed by atoms with Gasteiger partial charge in [0.05, 0.1) is 13.3 Å². The van der Waals surface area contributed by atoms with Crippen molar-refractivity contribution in [3.8, 4) is 11.5 Å². The minimum Gasteiger partial charge on any atom is -0.493 e. The molecule has 6 heteroatoms. The minimum absolute atomic E-state index is 0.103. The first-order valence-corrected chi connectivity index (χ1v) is 7.03. The number of hydrazone groups is 1. The Morgan fingerprint density at radius 1 is 1.23 bits per heavy atom. The summed E-state index contributed by atoms with van der Waals surface area (Å²) in [5, 5.41) is 4.06. The molecule has 0 amide bonds.